The number of carbonyl (C=O) groups excluding carboxylic acids is 2. The van der Waals surface area contributed by atoms with Gasteiger partial charge in [0, 0.05) is 52.2 Å². The number of morpholine rings is 1. The lowest BCUT2D eigenvalue weighted by Crippen LogP contribution is -2.42. The summed E-state index contributed by atoms with van der Waals surface area (Å²) in [6.07, 6.45) is 0.344. The predicted molar refractivity (Wildman–Crippen MR) is 83.5 cm³/mol. The van der Waals surface area contributed by atoms with Crippen LogP contribution in [0.4, 0.5) is 0 Å². The van der Waals surface area contributed by atoms with Crippen LogP contribution in [0.25, 0.3) is 0 Å². The van der Waals surface area contributed by atoms with E-state index in [4.69, 9.17) is 4.74 Å². The molecular weight excluding hydrogens is 284 g/mol. The maximum Gasteiger partial charge on any atom is 0.225 e. The van der Waals surface area contributed by atoms with Gasteiger partial charge in [0.25, 0.3) is 0 Å². The largest absolute Gasteiger partial charge is 0.379 e. The zero-order valence-electron chi connectivity index (χ0n) is 13.7. The third-order valence-corrected chi connectivity index (χ3v) is 4.23. The highest BCUT2D eigenvalue weighted by molar-refractivity contribution is 5.89. The normalized spacial score (nSPS) is 23.3. The van der Waals surface area contributed by atoms with E-state index in [0.717, 1.165) is 39.4 Å². The summed E-state index contributed by atoms with van der Waals surface area (Å²) in [6.45, 7) is 6.96. The average Bonchev–Trinajstić information content (AvgIpc) is 2.87. The van der Waals surface area contributed by atoms with Crippen molar-refractivity contribution in [2.75, 3.05) is 73.1 Å². The number of amides is 2. The smallest absolute Gasteiger partial charge is 0.225 e. The summed E-state index contributed by atoms with van der Waals surface area (Å²) in [5.74, 6) is -0.0931. The van der Waals surface area contributed by atoms with Gasteiger partial charge in [-0.25, -0.2) is 0 Å². The molecule has 1 unspecified atom stereocenters. The van der Waals surface area contributed by atoms with Crippen LogP contribution in [0.2, 0.25) is 0 Å². The molecule has 0 aromatic carbocycles. The fourth-order valence-corrected chi connectivity index (χ4v) is 2.80. The summed E-state index contributed by atoms with van der Waals surface area (Å²) >= 11 is 0. The minimum absolute atomic E-state index is 0.00377. The Morgan fingerprint density at radius 1 is 1.32 bits per heavy atom. The van der Waals surface area contributed by atoms with E-state index in [0.29, 0.717) is 26.1 Å². The second-order valence-electron chi connectivity index (χ2n) is 6.29. The first-order valence-electron chi connectivity index (χ1n) is 8.06. The first-order chi connectivity index (χ1) is 10.6. The van der Waals surface area contributed by atoms with Gasteiger partial charge in [0.05, 0.1) is 19.1 Å². The number of carbonyl (C=O) groups is 2. The number of nitrogens with one attached hydrogen (secondary N) is 1. The van der Waals surface area contributed by atoms with Crippen molar-refractivity contribution in [1.29, 1.82) is 0 Å². The van der Waals surface area contributed by atoms with Crippen molar-refractivity contribution in [3.63, 3.8) is 0 Å². The average molecular weight is 312 g/mol. The first kappa shape index (κ1) is 17.2. The van der Waals surface area contributed by atoms with Crippen molar-refractivity contribution in [3.8, 4) is 0 Å². The van der Waals surface area contributed by atoms with Crippen LogP contribution in [-0.4, -0.2) is 99.6 Å². The van der Waals surface area contributed by atoms with E-state index in [9.17, 15) is 9.59 Å². The number of likely N-dealkylation sites (N-methyl/N-ethyl adjacent to an activating group) is 1. The Bertz CT molecular complexity index is 383. The highest BCUT2D eigenvalue weighted by Gasteiger charge is 2.34. The Balaban J connectivity index is 1.69. The molecule has 2 rings (SSSR count). The Morgan fingerprint density at radius 3 is 2.73 bits per heavy atom. The van der Waals surface area contributed by atoms with E-state index in [1.807, 2.05) is 23.9 Å². The van der Waals surface area contributed by atoms with E-state index in [1.165, 1.54) is 0 Å². The molecule has 2 fully saturated rings. The van der Waals surface area contributed by atoms with Crippen LogP contribution in [-0.2, 0) is 14.3 Å². The summed E-state index contributed by atoms with van der Waals surface area (Å²) in [4.78, 5) is 30.3. The van der Waals surface area contributed by atoms with Crippen LogP contribution in [0, 0.1) is 5.92 Å². The predicted octanol–water partition coefficient (Wildman–Crippen LogP) is -1.16. The third kappa shape index (κ3) is 5.23. The van der Waals surface area contributed by atoms with E-state index < -0.39 is 0 Å². The van der Waals surface area contributed by atoms with Gasteiger partial charge in [-0.3, -0.25) is 14.5 Å². The Hall–Kier alpha value is -1.18. The molecule has 0 aromatic rings. The van der Waals surface area contributed by atoms with Crippen LogP contribution in [0.1, 0.15) is 6.42 Å². The van der Waals surface area contributed by atoms with Gasteiger partial charge in [0.15, 0.2) is 0 Å². The summed E-state index contributed by atoms with van der Waals surface area (Å²) < 4.78 is 5.32. The second kappa shape index (κ2) is 8.45. The van der Waals surface area contributed by atoms with Gasteiger partial charge in [-0.1, -0.05) is 0 Å². The van der Waals surface area contributed by atoms with Gasteiger partial charge in [-0.2, -0.15) is 0 Å². The number of ether oxygens (including phenoxy) is 1. The Kier molecular flexibility index (Phi) is 6.60. The van der Waals surface area contributed by atoms with Crippen LogP contribution in [0.15, 0.2) is 0 Å². The van der Waals surface area contributed by atoms with Crippen molar-refractivity contribution in [2.24, 2.45) is 5.92 Å². The number of rotatable bonds is 7. The molecule has 22 heavy (non-hydrogen) atoms. The molecule has 1 atom stereocenters. The lowest BCUT2D eigenvalue weighted by Gasteiger charge is -2.28. The summed E-state index contributed by atoms with van der Waals surface area (Å²) in [5.41, 5.74) is 0. The quantitative estimate of drug-likeness (QED) is 0.643. The lowest BCUT2D eigenvalue weighted by molar-refractivity contribution is -0.129. The molecule has 1 N–H and O–H groups in total. The van der Waals surface area contributed by atoms with E-state index in [-0.39, 0.29) is 17.7 Å². The highest BCUT2D eigenvalue weighted by Crippen LogP contribution is 2.17. The first-order valence-corrected chi connectivity index (χ1v) is 8.06. The molecule has 2 aliphatic rings. The van der Waals surface area contributed by atoms with Crippen molar-refractivity contribution in [2.45, 2.75) is 6.42 Å². The van der Waals surface area contributed by atoms with Crippen molar-refractivity contribution in [3.05, 3.63) is 0 Å². The summed E-state index contributed by atoms with van der Waals surface area (Å²) in [6, 6.07) is 0. The number of likely N-dealkylation sites (tertiary alicyclic amines) is 1. The van der Waals surface area contributed by atoms with Crippen LogP contribution < -0.4 is 5.32 Å². The fourth-order valence-electron chi connectivity index (χ4n) is 2.80. The van der Waals surface area contributed by atoms with Crippen LogP contribution >= 0.6 is 0 Å². The molecule has 2 amide bonds. The molecule has 7 heteroatoms. The number of hydrogen-bond acceptors (Lipinski definition) is 5. The van der Waals surface area contributed by atoms with Gasteiger partial charge in [-0.15, -0.1) is 0 Å². The van der Waals surface area contributed by atoms with Gasteiger partial charge in [0.2, 0.25) is 11.8 Å². The van der Waals surface area contributed by atoms with Gasteiger partial charge < -0.3 is 19.9 Å². The van der Waals surface area contributed by atoms with E-state index in [1.54, 1.807) is 0 Å². The fraction of sp³-hybridized carbons (Fsp3) is 0.867. The standard InChI is InChI=1S/C15H28N4O3/c1-17(2)4-3-16-15(21)13-11-14(20)19(12-13)6-5-18-7-9-22-10-8-18/h13H,3-12H2,1-2H3,(H,16,21). The van der Waals surface area contributed by atoms with Crippen LogP contribution in [0.5, 0.6) is 0 Å². The zero-order chi connectivity index (χ0) is 15.9. The molecular formula is C15H28N4O3. The van der Waals surface area contributed by atoms with Crippen molar-refractivity contribution >= 4 is 11.8 Å². The number of nitrogens with zero attached hydrogens (tertiary/aromatic N) is 3. The van der Waals surface area contributed by atoms with Crippen molar-refractivity contribution < 1.29 is 14.3 Å². The maximum atomic E-state index is 12.1. The van der Waals surface area contributed by atoms with Gasteiger partial charge in [0.1, 0.15) is 0 Å². The molecule has 0 aromatic heterocycles. The topological polar surface area (TPSA) is 65.1 Å². The van der Waals surface area contributed by atoms with E-state index in [2.05, 4.69) is 10.2 Å². The molecule has 0 saturated carbocycles. The second-order valence-corrected chi connectivity index (χ2v) is 6.29. The van der Waals surface area contributed by atoms with Crippen molar-refractivity contribution in [1.82, 2.24) is 20.0 Å². The third-order valence-electron chi connectivity index (χ3n) is 4.23. The van der Waals surface area contributed by atoms with Crippen LogP contribution in [0.3, 0.4) is 0 Å². The van der Waals surface area contributed by atoms with Gasteiger partial charge >= 0.3 is 0 Å². The molecule has 2 saturated heterocycles. The molecule has 2 aliphatic heterocycles. The lowest BCUT2D eigenvalue weighted by atomic mass is 10.1. The molecule has 0 aliphatic carbocycles. The molecule has 7 nitrogen and oxygen atoms in total. The minimum Gasteiger partial charge on any atom is -0.379 e. The monoisotopic (exact) mass is 312 g/mol. The van der Waals surface area contributed by atoms with E-state index >= 15 is 0 Å². The SMILES string of the molecule is CN(C)CCNC(=O)C1CC(=O)N(CCN2CCOCC2)C1. The van der Waals surface area contributed by atoms with Gasteiger partial charge in [-0.05, 0) is 14.1 Å². The maximum absolute atomic E-state index is 12.1. The molecule has 126 valence electrons. The Labute approximate surface area is 132 Å². The molecule has 2 heterocycles. The molecule has 0 bridgehead atoms. The highest BCUT2D eigenvalue weighted by atomic mass is 16.5. The summed E-state index contributed by atoms with van der Waals surface area (Å²) in [7, 11) is 3.94. The zero-order valence-corrected chi connectivity index (χ0v) is 13.7. The molecule has 0 spiro atoms. The molecule has 0 radical (unpaired) electrons. The Morgan fingerprint density at radius 2 is 2.05 bits per heavy atom. The minimum atomic E-state index is -0.195. The number of hydrogen-bond donors (Lipinski definition) is 1. The summed E-state index contributed by atoms with van der Waals surface area (Å²) in [5, 5.41) is 2.92.